The van der Waals surface area contributed by atoms with Gasteiger partial charge in [-0.25, -0.2) is 9.97 Å². The van der Waals surface area contributed by atoms with E-state index in [0.29, 0.717) is 29.8 Å². The summed E-state index contributed by atoms with van der Waals surface area (Å²) in [7, 11) is 0. The number of carbonyl (C=O) groups excluding carboxylic acids is 1. The fourth-order valence-corrected chi connectivity index (χ4v) is 2.66. The molecule has 3 aromatic rings. The van der Waals surface area contributed by atoms with Crippen molar-refractivity contribution in [3.05, 3.63) is 77.5 Å². The monoisotopic (exact) mass is 374 g/mol. The number of benzene rings is 2. The zero-order valence-corrected chi connectivity index (χ0v) is 16.6. The minimum absolute atomic E-state index is 0.215. The van der Waals surface area contributed by atoms with Crippen LogP contribution in [0.3, 0.4) is 0 Å². The van der Waals surface area contributed by atoms with Gasteiger partial charge >= 0.3 is 0 Å². The molecular formula is C23H26N4O. The highest BCUT2D eigenvalue weighted by atomic mass is 16.1. The number of rotatable bonds is 7. The lowest BCUT2D eigenvalue weighted by molar-refractivity contribution is 0.0946. The first-order valence-electron chi connectivity index (χ1n) is 9.53. The van der Waals surface area contributed by atoms with Crippen LogP contribution in [-0.4, -0.2) is 22.4 Å². The molecule has 28 heavy (non-hydrogen) atoms. The largest absolute Gasteiger partial charge is 0.370 e. The first kappa shape index (κ1) is 19.5. The van der Waals surface area contributed by atoms with Gasteiger partial charge in [0.1, 0.15) is 11.5 Å². The molecule has 5 heteroatoms. The first-order chi connectivity index (χ1) is 13.5. The predicted molar refractivity (Wildman–Crippen MR) is 113 cm³/mol. The molecule has 0 atom stereocenters. The second kappa shape index (κ2) is 9.13. The molecule has 0 fully saturated rings. The molecule has 1 heterocycles. The SMILES string of the molecule is Cc1ccc(CNC(=O)c2cc(NCC(C)C)nc(-c3ccccc3)n2)cc1. The zero-order chi connectivity index (χ0) is 19.9. The van der Waals surface area contributed by atoms with Crippen LogP contribution in [0.1, 0.15) is 35.5 Å². The summed E-state index contributed by atoms with van der Waals surface area (Å²) in [6.45, 7) is 7.53. The quantitative estimate of drug-likeness (QED) is 0.641. The van der Waals surface area contributed by atoms with E-state index >= 15 is 0 Å². The summed E-state index contributed by atoms with van der Waals surface area (Å²) < 4.78 is 0. The number of nitrogens with zero attached hydrogens (tertiary/aromatic N) is 2. The van der Waals surface area contributed by atoms with E-state index in [4.69, 9.17) is 0 Å². The highest BCUT2D eigenvalue weighted by Crippen LogP contribution is 2.18. The molecule has 1 aromatic heterocycles. The Kier molecular flexibility index (Phi) is 6.37. The summed E-state index contributed by atoms with van der Waals surface area (Å²) in [5, 5.41) is 6.25. The summed E-state index contributed by atoms with van der Waals surface area (Å²) in [5.74, 6) is 1.44. The van der Waals surface area contributed by atoms with Crippen molar-refractivity contribution >= 4 is 11.7 Å². The second-order valence-electron chi connectivity index (χ2n) is 7.27. The molecule has 2 aromatic carbocycles. The first-order valence-corrected chi connectivity index (χ1v) is 9.53. The van der Waals surface area contributed by atoms with E-state index < -0.39 is 0 Å². The molecule has 0 aliphatic rings. The molecule has 144 valence electrons. The molecule has 0 spiro atoms. The molecule has 0 unspecified atom stereocenters. The van der Waals surface area contributed by atoms with Gasteiger partial charge in [0.05, 0.1) is 0 Å². The minimum atomic E-state index is -0.215. The number of hydrogen-bond donors (Lipinski definition) is 2. The third-order valence-electron chi connectivity index (χ3n) is 4.26. The number of amides is 1. The number of nitrogens with one attached hydrogen (secondary N) is 2. The van der Waals surface area contributed by atoms with Gasteiger partial charge in [-0.05, 0) is 18.4 Å². The van der Waals surface area contributed by atoms with Gasteiger partial charge in [0.2, 0.25) is 0 Å². The Hall–Kier alpha value is -3.21. The van der Waals surface area contributed by atoms with Gasteiger partial charge in [-0.3, -0.25) is 4.79 Å². The summed E-state index contributed by atoms with van der Waals surface area (Å²) in [6.07, 6.45) is 0. The van der Waals surface area contributed by atoms with Crippen molar-refractivity contribution in [1.82, 2.24) is 15.3 Å². The van der Waals surface area contributed by atoms with Crippen LogP contribution in [-0.2, 0) is 6.54 Å². The Labute approximate surface area is 166 Å². The lowest BCUT2D eigenvalue weighted by Crippen LogP contribution is -2.24. The molecule has 0 saturated heterocycles. The van der Waals surface area contributed by atoms with Gasteiger partial charge in [-0.1, -0.05) is 74.0 Å². The van der Waals surface area contributed by atoms with Crippen LogP contribution in [0, 0.1) is 12.8 Å². The molecule has 0 saturated carbocycles. The molecule has 1 amide bonds. The highest BCUT2D eigenvalue weighted by molar-refractivity contribution is 5.93. The third-order valence-corrected chi connectivity index (χ3v) is 4.26. The molecule has 3 rings (SSSR count). The number of hydrogen-bond acceptors (Lipinski definition) is 4. The summed E-state index contributed by atoms with van der Waals surface area (Å²) in [4.78, 5) is 21.8. The van der Waals surface area contributed by atoms with Crippen molar-refractivity contribution in [2.45, 2.75) is 27.3 Å². The molecule has 2 N–H and O–H groups in total. The molecule has 0 radical (unpaired) electrons. The second-order valence-corrected chi connectivity index (χ2v) is 7.27. The van der Waals surface area contributed by atoms with Crippen molar-refractivity contribution in [2.24, 2.45) is 5.92 Å². The van der Waals surface area contributed by atoms with Crippen LogP contribution in [0.2, 0.25) is 0 Å². The van der Waals surface area contributed by atoms with Crippen LogP contribution in [0.5, 0.6) is 0 Å². The molecule has 0 aliphatic heterocycles. The average molecular weight is 374 g/mol. The topological polar surface area (TPSA) is 66.9 Å². The minimum Gasteiger partial charge on any atom is -0.370 e. The third kappa shape index (κ3) is 5.39. The Bertz CT molecular complexity index is 921. The number of aromatic nitrogens is 2. The predicted octanol–water partition coefficient (Wildman–Crippen LogP) is 4.45. The summed E-state index contributed by atoms with van der Waals surface area (Å²) >= 11 is 0. The van der Waals surface area contributed by atoms with E-state index in [1.807, 2.05) is 61.5 Å². The average Bonchev–Trinajstić information content (AvgIpc) is 2.72. The van der Waals surface area contributed by atoms with E-state index in [2.05, 4.69) is 34.4 Å². The van der Waals surface area contributed by atoms with E-state index in [1.165, 1.54) is 5.56 Å². The maximum absolute atomic E-state index is 12.7. The number of aryl methyl sites for hydroxylation is 1. The standard InChI is InChI=1S/C23H26N4O/c1-16(2)14-24-21-13-20(26-22(27-21)19-7-5-4-6-8-19)23(28)25-15-18-11-9-17(3)10-12-18/h4-13,16H,14-15H2,1-3H3,(H,25,28)(H,24,26,27). The van der Waals surface area contributed by atoms with Crippen LogP contribution in [0.25, 0.3) is 11.4 Å². The van der Waals surface area contributed by atoms with E-state index in [1.54, 1.807) is 6.07 Å². The van der Waals surface area contributed by atoms with Gasteiger partial charge in [-0.2, -0.15) is 0 Å². The molecule has 0 bridgehead atoms. The zero-order valence-electron chi connectivity index (χ0n) is 16.6. The highest BCUT2D eigenvalue weighted by Gasteiger charge is 2.13. The maximum atomic E-state index is 12.7. The fraction of sp³-hybridized carbons (Fsp3) is 0.261. The van der Waals surface area contributed by atoms with Crippen molar-refractivity contribution in [1.29, 1.82) is 0 Å². The van der Waals surface area contributed by atoms with Gasteiger partial charge in [-0.15, -0.1) is 0 Å². The van der Waals surface area contributed by atoms with Gasteiger partial charge in [0.25, 0.3) is 5.91 Å². The van der Waals surface area contributed by atoms with Crippen molar-refractivity contribution in [3.8, 4) is 11.4 Å². The maximum Gasteiger partial charge on any atom is 0.270 e. The van der Waals surface area contributed by atoms with Crippen LogP contribution in [0.4, 0.5) is 5.82 Å². The van der Waals surface area contributed by atoms with Crippen molar-refractivity contribution in [3.63, 3.8) is 0 Å². The van der Waals surface area contributed by atoms with E-state index in [-0.39, 0.29) is 5.91 Å². The lowest BCUT2D eigenvalue weighted by atomic mass is 10.1. The molecule has 0 aliphatic carbocycles. The molecule has 5 nitrogen and oxygen atoms in total. The van der Waals surface area contributed by atoms with E-state index in [0.717, 1.165) is 17.7 Å². The normalized spacial score (nSPS) is 10.7. The summed E-state index contributed by atoms with van der Waals surface area (Å²) in [6, 6.07) is 19.5. The Morgan fingerprint density at radius 1 is 1.00 bits per heavy atom. The number of carbonyl (C=O) groups is 1. The fourth-order valence-electron chi connectivity index (χ4n) is 2.66. The van der Waals surface area contributed by atoms with Gasteiger partial charge < -0.3 is 10.6 Å². The van der Waals surface area contributed by atoms with Crippen LogP contribution >= 0.6 is 0 Å². The van der Waals surface area contributed by atoms with Crippen LogP contribution < -0.4 is 10.6 Å². The summed E-state index contributed by atoms with van der Waals surface area (Å²) in [5.41, 5.74) is 3.48. The van der Waals surface area contributed by atoms with Crippen molar-refractivity contribution in [2.75, 3.05) is 11.9 Å². The Balaban J connectivity index is 1.82. The smallest absolute Gasteiger partial charge is 0.270 e. The van der Waals surface area contributed by atoms with Crippen molar-refractivity contribution < 1.29 is 4.79 Å². The Morgan fingerprint density at radius 2 is 1.71 bits per heavy atom. The van der Waals surface area contributed by atoms with Gasteiger partial charge in [0.15, 0.2) is 5.82 Å². The van der Waals surface area contributed by atoms with E-state index in [9.17, 15) is 4.79 Å². The van der Waals surface area contributed by atoms with Crippen LogP contribution in [0.15, 0.2) is 60.7 Å². The number of anilines is 1. The Morgan fingerprint density at radius 3 is 2.39 bits per heavy atom. The molecular weight excluding hydrogens is 348 g/mol. The van der Waals surface area contributed by atoms with Gasteiger partial charge in [0, 0.05) is 24.7 Å². The lowest BCUT2D eigenvalue weighted by Gasteiger charge is -2.12.